The molecule has 0 atom stereocenters. The molecule has 7 aromatic rings. The second-order valence-corrected chi connectivity index (χ2v) is 12.6. The van der Waals surface area contributed by atoms with Gasteiger partial charge in [-0.15, -0.1) is 22.1 Å². The van der Waals surface area contributed by atoms with E-state index in [0.717, 1.165) is 89.4 Å². The number of methoxy groups -OCH3 is 1. The molecular formula is C48H35CoN4O2. The van der Waals surface area contributed by atoms with Gasteiger partial charge in [-0.2, -0.15) is 0 Å². The molecule has 0 fully saturated rings. The molecule has 0 spiro atoms. The molecule has 0 N–H and O–H groups in total. The van der Waals surface area contributed by atoms with Crippen LogP contribution >= 0.6 is 0 Å². The normalized spacial score (nSPS) is 11.7. The molecule has 2 aliphatic rings. The van der Waals surface area contributed by atoms with Crippen LogP contribution in [-0.4, -0.2) is 17.1 Å². The smallest absolute Gasteiger partial charge is 0.657 e. The number of fused-ring (bicyclic) bond motifs is 8. The Labute approximate surface area is 330 Å². The van der Waals surface area contributed by atoms with Crippen LogP contribution in [0.2, 0.25) is 0 Å². The minimum absolute atomic E-state index is 0. The van der Waals surface area contributed by atoms with Crippen LogP contribution in [0.1, 0.15) is 29.7 Å². The first-order valence-electron chi connectivity index (χ1n) is 17.8. The monoisotopic (exact) mass is 758 g/mol. The molecule has 8 bridgehead atoms. The maximum Gasteiger partial charge on any atom is 3.00 e. The number of rotatable bonds is 5. The molecule has 9 rings (SSSR count). The maximum atomic E-state index is 9.90. The molecule has 4 aromatic carbocycles. The Morgan fingerprint density at radius 3 is 0.909 bits per heavy atom. The van der Waals surface area contributed by atoms with Gasteiger partial charge in [0.05, 0.1) is 22.8 Å². The van der Waals surface area contributed by atoms with Gasteiger partial charge in [-0.05, 0) is 82.8 Å². The van der Waals surface area contributed by atoms with E-state index in [2.05, 4.69) is 150 Å². The van der Waals surface area contributed by atoms with Gasteiger partial charge < -0.3 is 19.8 Å². The number of nitrogens with zero attached hydrogens (tertiary/aromatic N) is 4. The number of benzene rings is 4. The summed E-state index contributed by atoms with van der Waals surface area (Å²) in [7, 11) is 1.35. The fourth-order valence-electron chi connectivity index (χ4n) is 6.81. The van der Waals surface area contributed by atoms with Gasteiger partial charge in [-0.1, -0.05) is 152 Å². The summed E-state index contributed by atoms with van der Waals surface area (Å²) >= 11 is 0. The Bertz CT molecular complexity index is 2350. The predicted molar refractivity (Wildman–Crippen MR) is 219 cm³/mol. The van der Waals surface area contributed by atoms with E-state index in [1.165, 1.54) is 13.2 Å². The van der Waals surface area contributed by atoms with E-state index in [-0.39, 0.29) is 22.7 Å². The third kappa shape index (κ3) is 7.57. The van der Waals surface area contributed by atoms with Crippen molar-refractivity contribution in [3.8, 4) is 44.5 Å². The van der Waals surface area contributed by atoms with Gasteiger partial charge in [0.15, 0.2) is 0 Å². The average molecular weight is 759 g/mol. The van der Waals surface area contributed by atoms with Gasteiger partial charge in [0, 0.05) is 5.95 Å². The number of ether oxygens (including phenoxy) is 1. The Morgan fingerprint density at radius 2 is 0.709 bits per heavy atom. The van der Waals surface area contributed by atoms with Crippen molar-refractivity contribution >= 4 is 46.4 Å². The average Bonchev–Trinajstić information content (AvgIpc) is 4.08. The molecule has 0 saturated heterocycles. The number of hydrogen-bond acceptors (Lipinski definition) is 4. The summed E-state index contributed by atoms with van der Waals surface area (Å²) in [5.74, 6) is -0.282. The molecule has 0 radical (unpaired) electrons. The van der Waals surface area contributed by atoms with Crippen LogP contribution in [0.5, 0.6) is 0 Å². The minimum Gasteiger partial charge on any atom is -0.657 e. The summed E-state index contributed by atoms with van der Waals surface area (Å²) in [4.78, 5) is 21.2. The second kappa shape index (κ2) is 16.6. The zero-order valence-corrected chi connectivity index (χ0v) is 31.2. The Hall–Kier alpha value is -6.67. The summed E-state index contributed by atoms with van der Waals surface area (Å²) in [5.41, 5.74) is 15.0. The quantitative estimate of drug-likeness (QED) is 0.163. The van der Waals surface area contributed by atoms with Crippen molar-refractivity contribution in [1.29, 1.82) is 0 Å². The molecule has 3 aromatic heterocycles. The van der Waals surface area contributed by atoms with E-state index in [1.54, 1.807) is 6.92 Å². The molecule has 0 saturated carbocycles. The first-order chi connectivity index (χ1) is 26.6. The van der Waals surface area contributed by atoms with Crippen LogP contribution < -0.4 is 15.1 Å². The molecular weight excluding hydrogens is 723 g/mol. The zero-order chi connectivity index (χ0) is 36.9. The third-order valence-electron chi connectivity index (χ3n) is 9.30. The Balaban J connectivity index is 0.000000618. The van der Waals surface area contributed by atoms with Crippen molar-refractivity contribution in [3.05, 3.63) is 180 Å². The van der Waals surface area contributed by atoms with Gasteiger partial charge in [0.1, 0.15) is 0 Å². The number of hydrogen-bond donors (Lipinski definition) is 0. The summed E-state index contributed by atoms with van der Waals surface area (Å²) in [6.07, 6.45) is 9.77. The SMILES string of the molecule is C/C=C(/[O-])OC.C1=Cc2nc1c(-c1ccccc1)c1ccc([n-]1)c(-c1ccccc1)c1nc(c(-c3ccccc3)c3ccc([n-]3)c2-c2ccccc2)C=C1.[Co+3]. The van der Waals surface area contributed by atoms with Crippen LogP contribution in [0, 0.1) is 0 Å². The molecule has 6 nitrogen and oxygen atoms in total. The van der Waals surface area contributed by atoms with Crippen molar-refractivity contribution in [1.82, 2.24) is 19.9 Å². The number of aromatic nitrogens is 4. The molecule has 0 amide bonds. The first-order valence-corrected chi connectivity index (χ1v) is 17.8. The predicted octanol–water partition coefficient (Wildman–Crippen LogP) is 10.4. The fraction of sp³-hybridized carbons (Fsp3) is 0.0417. The largest absolute Gasteiger partial charge is 3.00 e. The maximum absolute atomic E-state index is 9.90. The molecule has 55 heavy (non-hydrogen) atoms. The van der Waals surface area contributed by atoms with Crippen LogP contribution in [-0.2, 0) is 21.5 Å². The van der Waals surface area contributed by atoms with E-state index in [0.29, 0.717) is 0 Å². The summed E-state index contributed by atoms with van der Waals surface area (Å²) in [6, 6.07) is 50.0. The summed E-state index contributed by atoms with van der Waals surface area (Å²) < 4.78 is 4.20. The van der Waals surface area contributed by atoms with E-state index in [1.807, 2.05) is 24.3 Å². The van der Waals surface area contributed by atoms with E-state index in [4.69, 9.17) is 19.9 Å². The Kier molecular flexibility index (Phi) is 11.0. The standard InChI is InChI=1S/C44H28N4.C4H8O2.Co/c1-5-13-29(14-6-1)41-33-21-23-35(45-33)42(30-15-7-2-8-16-30)37-25-27-39(47-37)44(32-19-11-4-12-20-32)40-28-26-38(48-40)43(31-17-9-3-10-18-31)36-24-22-34(41)46-36;1-3-4(5)6-2;/h1-28H;3,5H,1-2H3;/q-2;;+3/p-1/b;4-3-;. The molecule has 7 heteroatoms. The van der Waals surface area contributed by atoms with E-state index >= 15 is 0 Å². The topological polar surface area (TPSA) is 86.3 Å². The van der Waals surface area contributed by atoms with Gasteiger partial charge in [-0.3, -0.25) is 0 Å². The van der Waals surface area contributed by atoms with Crippen LogP contribution in [0.25, 0.3) is 90.9 Å². The molecule has 268 valence electrons. The zero-order valence-electron chi connectivity index (χ0n) is 30.2. The van der Waals surface area contributed by atoms with Gasteiger partial charge in [-0.25, -0.2) is 9.97 Å². The van der Waals surface area contributed by atoms with Gasteiger partial charge >= 0.3 is 16.8 Å². The number of allylic oxidation sites excluding steroid dienone is 1. The summed E-state index contributed by atoms with van der Waals surface area (Å²) in [6.45, 7) is 1.63. The van der Waals surface area contributed by atoms with Crippen molar-refractivity contribution in [2.24, 2.45) is 0 Å². The van der Waals surface area contributed by atoms with Gasteiger partial charge in [0.25, 0.3) is 0 Å². The molecule has 0 aliphatic carbocycles. The van der Waals surface area contributed by atoms with Crippen LogP contribution in [0.4, 0.5) is 0 Å². The first kappa shape index (κ1) is 36.7. The minimum atomic E-state index is -0.282. The van der Waals surface area contributed by atoms with Crippen LogP contribution in [0.3, 0.4) is 0 Å². The fourth-order valence-corrected chi connectivity index (χ4v) is 6.81. The van der Waals surface area contributed by atoms with Gasteiger partial charge in [0.2, 0.25) is 0 Å². The second-order valence-electron chi connectivity index (χ2n) is 12.6. The van der Waals surface area contributed by atoms with E-state index < -0.39 is 0 Å². The summed E-state index contributed by atoms with van der Waals surface area (Å²) in [5, 5.41) is 9.90. The molecule has 5 heterocycles. The molecule has 2 aliphatic heterocycles. The molecule has 0 unspecified atom stereocenters. The van der Waals surface area contributed by atoms with Crippen molar-refractivity contribution in [2.45, 2.75) is 6.92 Å². The third-order valence-corrected chi connectivity index (χ3v) is 9.30. The van der Waals surface area contributed by atoms with Crippen molar-refractivity contribution in [3.63, 3.8) is 0 Å². The Morgan fingerprint density at radius 1 is 0.455 bits per heavy atom. The van der Waals surface area contributed by atoms with E-state index in [9.17, 15) is 5.11 Å². The van der Waals surface area contributed by atoms with Crippen LogP contribution in [0.15, 0.2) is 158 Å². The van der Waals surface area contributed by atoms with Crippen molar-refractivity contribution in [2.75, 3.05) is 7.11 Å². The van der Waals surface area contributed by atoms with Crippen molar-refractivity contribution < 1.29 is 26.6 Å².